The number of likely N-dealkylation sites (N-methyl/N-ethyl adjacent to an activating group) is 1. The molecular weight excluding hydrogens is 593 g/mol. The van der Waals surface area contributed by atoms with Gasteiger partial charge in [-0.15, -0.1) is 0 Å². The number of pyridine rings is 1. The lowest BCUT2D eigenvalue weighted by Gasteiger charge is -2.32. The lowest BCUT2D eigenvalue weighted by atomic mass is 9.97. The average Bonchev–Trinajstić information content (AvgIpc) is 2.97. The van der Waals surface area contributed by atoms with Crippen molar-refractivity contribution in [3.8, 4) is 22.9 Å². The van der Waals surface area contributed by atoms with Crippen LogP contribution in [-0.4, -0.2) is 89.7 Å². The minimum atomic E-state index is -0.702. The van der Waals surface area contributed by atoms with Crippen molar-refractivity contribution in [2.24, 2.45) is 5.92 Å². The van der Waals surface area contributed by atoms with E-state index in [2.05, 4.69) is 37.0 Å². The first-order valence-electron chi connectivity index (χ1n) is 14.3. The summed E-state index contributed by atoms with van der Waals surface area (Å²) in [6.07, 6.45) is 4.39. The number of amides is 2. The molecule has 4 heterocycles. The van der Waals surface area contributed by atoms with Gasteiger partial charge in [0.1, 0.15) is 0 Å². The second-order valence-corrected chi connectivity index (χ2v) is 11.8. The summed E-state index contributed by atoms with van der Waals surface area (Å²) in [4.78, 5) is 43.3. The number of rotatable bonds is 8. The summed E-state index contributed by atoms with van der Waals surface area (Å²) in [6.45, 7) is 7.61. The number of anilines is 1. The number of carbonyl (C=O) groups is 2. The highest BCUT2D eigenvalue weighted by molar-refractivity contribution is 6.35. The van der Waals surface area contributed by atoms with Gasteiger partial charge in [-0.25, -0.2) is 19.7 Å². The van der Waals surface area contributed by atoms with Gasteiger partial charge >= 0.3 is 6.09 Å². The molecule has 0 radical (unpaired) electrons. The van der Waals surface area contributed by atoms with E-state index in [9.17, 15) is 9.59 Å². The molecule has 3 aromatic rings. The smallest absolute Gasteiger partial charge is 0.413 e. The molecule has 2 saturated heterocycles. The van der Waals surface area contributed by atoms with Crippen LogP contribution in [0.3, 0.4) is 0 Å². The molecule has 11 nitrogen and oxygen atoms in total. The van der Waals surface area contributed by atoms with Gasteiger partial charge in [-0.2, -0.15) is 0 Å². The number of piperazine rings is 1. The molecule has 0 bridgehead atoms. The van der Waals surface area contributed by atoms with Crippen molar-refractivity contribution in [3.05, 3.63) is 58.3 Å². The van der Waals surface area contributed by atoms with Gasteiger partial charge in [0, 0.05) is 61.3 Å². The molecule has 13 heteroatoms. The highest BCUT2D eigenvalue weighted by Gasteiger charge is 2.22. The zero-order chi connectivity index (χ0) is 30.3. The first-order chi connectivity index (χ1) is 20.7. The third-order valence-electron chi connectivity index (χ3n) is 7.48. The zero-order valence-electron chi connectivity index (χ0n) is 24.3. The van der Waals surface area contributed by atoms with Crippen molar-refractivity contribution in [1.82, 2.24) is 30.1 Å². The molecule has 2 aliphatic rings. The molecule has 228 valence electrons. The largest absolute Gasteiger partial charge is 0.449 e. The Bertz CT molecular complexity index is 1410. The number of hydrogen-bond acceptors (Lipinski definition) is 10. The van der Waals surface area contributed by atoms with Gasteiger partial charge in [-0.05, 0) is 68.7 Å². The number of aromatic nitrogens is 3. The SMILES string of the molecule is CC(=O)NC(=O)OCC1CCN(Cc2cc(Oc3cnc(N4CCN(C)CC4)nc3)nc(-c3cc(Cl)cc(Cl)c3)c2)CC1. The van der Waals surface area contributed by atoms with Crippen LogP contribution in [0.4, 0.5) is 10.7 Å². The molecular formula is C30H35Cl2N7O4. The number of piperidine rings is 1. The van der Waals surface area contributed by atoms with Crippen molar-refractivity contribution in [2.45, 2.75) is 26.3 Å². The van der Waals surface area contributed by atoms with Gasteiger partial charge in [0.15, 0.2) is 5.75 Å². The van der Waals surface area contributed by atoms with Crippen LogP contribution in [0.2, 0.25) is 10.0 Å². The molecule has 0 aliphatic carbocycles. The molecule has 2 amide bonds. The quantitative estimate of drug-likeness (QED) is 0.371. The van der Waals surface area contributed by atoms with Crippen LogP contribution in [0, 0.1) is 5.92 Å². The zero-order valence-corrected chi connectivity index (χ0v) is 25.8. The maximum atomic E-state index is 11.6. The van der Waals surface area contributed by atoms with Gasteiger partial charge in [0.2, 0.25) is 17.7 Å². The van der Waals surface area contributed by atoms with Crippen LogP contribution in [0.1, 0.15) is 25.3 Å². The predicted molar refractivity (Wildman–Crippen MR) is 165 cm³/mol. The average molecular weight is 629 g/mol. The highest BCUT2D eigenvalue weighted by atomic mass is 35.5. The van der Waals surface area contributed by atoms with Crippen LogP contribution in [0.15, 0.2) is 42.7 Å². The summed E-state index contributed by atoms with van der Waals surface area (Å²) in [6, 6.07) is 9.27. The summed E-state index contributed by atoms with van der Waals surface area (Å²) in [7, 11) is 2.11. The van der Waals surface area contributed by atoms with Crippen molar-refractivity contribution >= 4 is 41.2 Å². The van der Waals surface area contributed by atoms with Gasteiger partial charge in [-0.3, -0.25) is 15.0 Å². The van der Waals surface area contributed by atoms with E-state index >= 15 is 0 Å². The minimum absolute atomic E-state index is 0.239. The van der Waals surface area contributed by atoms with Crippen molar-refractivity contribution in [2.75, 3.05) is 57.8 Å². The van der Waals surface area contributed by atoms with Gasteiger partial charge < -0.3 is 19.3 Å². The number of nitrogens with zero attached hydrogens (tertiary/aromatic N) is 6. The van der Waals surface area contributed by atoms with Gasteiger partial charge in [-0.1, -0.05) is 23.2 Å². The maximum absolute atomic E-state index is 11.6. The molecule has 0 unspecified atom stereocenters. The number of likely N-dealkylation sites (tertiary alicyclic amines) is 1. The normalized spacial score (nSPS) is 16.6. The summed E-state index contributed by atoms with van der Waals surface area (Å²) >= 11 is 12.6. The number of imide groups is 1. The van der Waals surface area contributed by atoms with Gasteiger partial charge in [0.25, 0.3) is 0 Å². The maximum Gasteiger partial charge on any atom is 0.413 e. The standard InChI is InChI=1S/C30H35Cl2N7O4/c1-20(40)35-30(41)42-19-21-3-5-38(6-4-21)18-22-11-27(23-13-24(31)15-25(32)14-23)36-28(12-22)43-26-16-33-29(34-17-26)39-9-7-37(2)8-10-39/h11-17,21H,3-10,18-19H2,1-2H3,(H,35,40,41). The first-order valence-corrected chi connectivity index (χ1v) is 15.0. The molecule has 0 atom stereocenters. The number of hydrogen-bond donors (Lipinski definition) is 1. The topological polar surface area (TPSA) is 113 Å². The Morgan fingerprint density at radius 3 is 2.28 bits per heavy atom. The number of halogens is 2. The Morgan fingerprint density at radius 1 is 0.953 bits per heavy atom. The highest BCUT2D eigenvalue weighted by Crippen LogP contribution is 2.31. The van der Waals surface area contributed by atoms with E-state index in [4.69, 9.17) is 37.7 Å². The van der Waals surface area contributed by atoms with Crippen LogP contribution in [0.25, 0.3) is 11.3 Å². The van der Waals surface area contributed by atoms with E-state index in [1.54, 1.807) is 18.5 Å². The fraction of sp³-hybridized carbons (Fsp3) is 0.433. The molecule has 5 rings (SSSR count). The summed E-state index contributed by atoms with van der Waals surface area (Å²) < 4.78 is 11.4. The minimum Gasteiger partial charge on any atom is -0.449 e. The number of nitrogens with one attached hydrogen (secondary N) is 1. The van der Waals surface area contributed by atoms with E-state index in [-0.39, 0.29) is 12.5 Å². The fourth-order valence-electron chi connectivity index (χ4n) is 5.15. The number of benzene rings is 1. The Labute approximate surface area is 261 Å². The van der Waals surface area contributed by atoms with Crippen LogP contribution < -0.4 is 15.0 Å². The molecule has 2 aromatic heterocycles. The molecule has 1 aromatic carbocycles. The van der Waals surface area contributed by atoms with Crippen LogP contribution in [-0.2, 0) is 16.1 Å². The van der Waals surface area contributed by atoms with E-state index in [0.29, 0.717) is 39.9 Å². The van der Waals surface area contributed by atoms with E-state index < -0.39 is 12.0 Å². The Balaban J connectivity index is 1.28. The molecule has 1 N–H and O–H groups in total. The van der Waals surface area contributed by atoms with Crippen molar-refractivity contribution in [3.63, 3.8) is 0 Å². The Hall–Kier alpha value is -3.51. The molecule has 43 heavy (non-hydrogen) atoms. The second-order valence-electron chi connectivity index (χ2n) is 11.0. The lowest BCUT2D eigenvalue weighted by Crippen LogP contribution is -2.45. The van der Waals surface area contributed by atoms with Crippen LogP contribution >= 0.6 is 23.2 Å². The molecule has 0 spiro atoms. The fourth-order valence-corrected chi connectivity index (χ4v) is 5.67. The molecule has 2 fully saturated rings. The van der Waals surface area contributed by atoms with Crippen molar-refractivity contribution in [1.29, 1.82) is 0 Å². The number of ether oxygens (including phenoxy) is 2. The monoisotopic (exact) mass is 627 g/mol. The predicted octanol–water partition coefficient (Wildman–Crippen LogP) is 4.87. The summed E-state index contributed by atoms with van der Waals surface area (Å²) in [5.41, 5.74) is 2.49. The molecule has 2 aliphatic heterocycles. The second kappa shape index (κ2) is 14.3. The van der Waals surface area contributed by atoms with Crippen LogP contribution in [0.5, 0.6) is 11.6 Å². The lowest BCUT2D eigenvalue weighted by molar-refractivity contribution is -0.118. The summed E-state index contributed by atoms with van der Waals surface area (Å²) in [5.74, 6) is 1.40. The van der Waals surface area contributed by atoms with Gasteiger partial charge in [0.05, 0.1) is 24.7 Å². The van der Waals surface area contributed by atoms with E-state index in [1.807, 2.05) is 24.3 Å². The summed E-state index contributed by atoms with van der Waals surface area (Å²) in [5, 5.41) is 3.17. The third-order valence-corrected chi connectivity index (χ3v) is 7.92. The first kappa shape index (κ1) is 30.9. The van der Waals surface area contributed by atoms with E-state index in [1.165, 1.54) is 6.92 Å². The van der Waals surface area contributed by atoms with E-state index in [0.717, 1.165) is 63.2 Å². The number of alkyl carbamates (subject to hydrolysis) is 1. The molecule has 0 saturated carbocycles. The third kappa shape index (κ3) is 8.99. The van der Waals surface area contributed by atoms with Crippen molar-refractivity contribution < 1.29 is 19.1 Å². The number of carbonyl (C=O) groups excluding carboxylic acids is 2. The Morgan fingerprint density at radius 2 is 1.63 bits per heavy atom. The Kier molecular flexibility index (Phi) is 10.3.